The van der Waals surface area contributed by atoms with Gasteiger partial charge in [-0.05, 0) is 18.2 Å². The van der Waals surface area contributed by atoms with Crippen molar-refractivity contribution in [1.29, 1.82) is 0 Å². The lowest BCUT2D eigenvalue weighted by Crippen LogP contribution is -2.43. The van der Waals surface area contributed by atoms with Crippen LogP contribution in [-0.4, -0.2) is 65.6 Å². The van der Waals surface area contributed by atoms with Crippen LogP contribution in [0.3, 0.4) is 0 Å². The van der Waals surface area contributed by atoms with Gasteiger partial charge in [-0.15, -0.1) is 0 Å². The van der Waals surface area contributed by atoms with Gasteiger partial charge in [-0.1, -0.05) is 0 Å². The van der Waals surface area contributed by atoms with Crippen LogP contribution in [0.5, 0.6) is 0 Å². The Labute approximate surface area is 127 Å². The number of rotatable bonds is 4. The van der Waals surface area contributed by atoms with Crippen molar-refractivity contribution in [1.82, 2.24) is 19.8 Å². The maximum Gasteiger partial charge on any atom is 0.236 e. The predicted octanol–water partition coefficient (Wildman–Crippen LogP) is 0.993. The predicted molar refractivity (Wildman–Crippen MR) is 79.8 cm³/mol. The van der Waals surface area contributed by atoms with Crippen molar-refractivity contribution in [3.05, 3.63) is 29.8 Å². The summed E-state index contributed by atoms with van der Waals surface area (Å²) in [5.74, 6) is 0.381. The van der Waals surface area contributed by atoms with Gasteiger partial charge in [-0.3, -0.25) is 9.69 Å². The van der Waals surface area contributed by atoms with Crippen LogP contribution in [0, 0.1) is 5.82 Å². The van der Waals surface area contributed by atoms with Crippen LogP contribution >= 0.6 is 0 Å². The minimum atomic E-state index is -0.306. The number of imidazole rings is 1. The quantitative estimate of drug-likeness (QED) is 0.915. The molecule has 0 atom stereocenters. The second kappa shape index (κ2) is 6.41. The highest BCUT2D eigenvalue weighted by molar-refractivity contribution is 5.78. The topological polar surface area (TPSA) is 61.5 Å². The molecule has 0 bridgehead atoms. The standard InChI is InChI=1S/C15H19FN4O2/c1-19(15(21)10-20-4-6-22-7-5-20)9-14-17-12-3-2-11(16)8-13(12)18-14/h2-3,8H,4-7,9-10H2,1H3,(H,17,18). The number of ether oxygens (including phenoxy) is 1. The van der Waals surface area contributed by atoms with E-state index in [9.17, 15) is 9.18 Å². The molecule has 22 heavy (non-hydrogen) atoms. The van der Waals surface area contributed by atoms with Gasteiger partial charge in [0.25, 0.3) is 0 Å². The number of hydrogen-bond donors (Lipinski definition) is 1. The smallest absolute Gasteiger partial charge is 0.236 e. The van der Waals surface area contributed by atoms with Gasteiger partial charge < -0.3 is 14.6 Å². The number of amides is 1. The van der Waals surface area contributed by atoms with Gasteiger partial charge in [0.2, 0.25) is 5.91 Å². The number of H-pyrrole nitrogens is 1. The molecule has 1 N–H and O–H groups in total. The minimum absolute atomic E-state index is 0.0357. The van der Waals surface area contributed by atoms with Crippen LogP contribution in [0.25, 0.3) is 11.0 Å². The van der Waals surface area contributed by atoms with E-state index < -0.39 is 0 Å². The molecule has 1 aromatic heterocycles. The highest BCUT2D eigenvalue weighted by Gasteiger charge is 2.18. The Balaban J connectivity index is 1.61. The van der Waals surface area contributed by atoms with Crippen LogP contribution in [0.1, 0.15) is 5.82 Å². The van der Waals surface area contributed by atoms with E-state index in [0.717, 1.165) is 13.1 Å². The third-order valence-corrected chi connectivity index (χ3v) is 3.77. The Kier molecular flexibility index (Phi) is 4.35. The molecule has 0 saturated carbocycles. The molecule has 2 aromatic rings. The molecule has 6 nitrogen and oxygen atoms in total. The van der Waals surface area contributed by atoms with Crippen molar-refractivity contribution >= 4 is 16.9 Å². The first-order chi connectivity index (χ1) is 10.6. The largest absolute Gasteiger partial charge is 0.379 e. The first-order valence-electron chi connectivity index (χ1n) is 7.30. The van der Waals surface area contributed by atoms with Gasteiger partial charge in [-0.25, -0.2) is 9.37 Å². The summed E-state index contributed by atoms with van der Waals surface area (Å²) in [6.45, 7) is 3.67. The fourth-order valence-corrected chi connectivity index (χ4v) is 2.49. The average Bonchev–Trinajstić information content (AvgIpc) is 2.89. The summed E-state index contributed by atoms with van der Waals surface area (Å²) in [4.78, 5) is 23.4. The molecule has 0 unspecified atom stereocenters. The number of benzene rings is 1. The van der Waals surface area contributed by atoms with Crippen molar-refractivity contribution in [2.75, 3.05) is 39.9 Å². The fourth-order valence-electron chi connectivity index (χ4n) is 2.49. The molecule has 1 saturated heterocycles. The summed E-state index contributed by atoms with van der Waals surface area (Å²) in [6.07, 6.45) is 0. The second-order valence-corrected chi connectivity index (χ2v) is 5.48. The second-order valence-electron chi connectivity index (χ2n) is 5.48. The number of nitrogens with one attached hydrogen (secondary N) is 1. The van der Waals surface area contributed by atoms with E-state index in [4.69, 9.17) is 4.74 Å². The molecule has 118 valence electrons. The molecule has 3 rings (SSSR count). The number of fused-ring (bicyclic) bond motifs is 1. The first kappa shape index (κ1) is 14.9. The highest BCUT2D eigenvalue weighted by Crippen LogP contribution is 2.13. The maximum atomic E-state index is 13.2. The Bertz CT molecular complexity index is 667. The Hall–Kier alpha value is -1.99. The van der Waals surface area contributed by atoms with Gasteiger partial charge in [0.1, 0.15) is 11.6 Å². The van der Waals surface area contributed by atoms with Gasteiger partial charge in [-0.2, -0.15) is 0 Å². The first-order valence-corrected chi connectivity index (χ1v) is 7.30. The number of carbonyl (C=O) groups excluding carboxylic acids is 1. The lowest BCUT2D eigenvalue weighted by atomic mass is 10.3. The molecule has 1 aliphatic rings. The lowest BCUT2D eigenvalue weighted by molar-refractivity contribution is -0.132. The van der Waals surface area contributed by atoms with Gasteiger partial charge in [0.05, 0.1) is 37.3 Å². The molecule has 1 aromatic carbocycles. The minimum Gasteiger partial charge on any atom is -0.379 e. The normalized spacial score (nSPS) is 16.1. The molecule has 1 fully saturated rings. The van der Waals surface area contributed by atoms with Crippen LogP contribution in [0.4, 0.5) is 4.39 Å². The van der Waals surface area contributed by atoms with Crippen LogP contribution in [0.2, 0.25) is 0 Å². The highest BCUT2D eigenvalue weighted by atomic mass is 19.1. The Morgan fingerprint density at radius 2 is 2.23 bits per heavy atom. The van der Waals surface area contributed by atoms with Crippen LogP contribution < -0.4 is 0 Å². The van der Waals surface area contributed by atoms with Crippen LogP contribution in [-0.2, 0) is 16.1 Å². The zero-order valence-electron chi connectivity index (χ0n) is 12.5. The number of carbonyl (C=O) groups is 1. The van der Waals surface area contributed by atoms with E-state index in [0.29, 0.717) is 43.2 Å². The number of nitrogens with zero attached hydrogens (tertiary/aromatic N) is 3. The SMILES string of the molecule is CN(Cc1nc2ccc(F)cc2[nH]1)C(=O)CN1CCOCC1. The zero-order valence-corrected chi connectivity index (χ0v) is 12.5. The van der Waals surface area contributed by atoms with E-state index >= 15 is 0 Å². The summed E-state index contributed by atoms with van der Waals surface area (Å²) in [7, 11) is 1.75. The molecule has 1 aliphatic heterocycles. The summed E-state index contributed by atoms with van der Waals surface area (Å²) in [5.41, 5.74) is 1.34. The molecule has 0 radical (unpaired) electrons. The molecule has 0 spiro atoms. The average molecular weight is 306 g/mol. The van der Waals surface area contributed by atoms with Gasteiger partial charge in [0.15, 0.2) is 0 Å². The van der Waals surface area contributed by atoms with Gasteiger partial charge >= 0.3 is 0 Å². The monoisotopic (exact) mass is 306 g/mol. The third-order valence-electron chi connectivity index (χ3n) is 3.77. The Morgan fingerprint density at radius 3 is 3.00 bits per heavy atom. The molecule has 7 heteroatoms. The zero-order chi connectivity index (χ0) is 15.5. The number of morpholine rings is 1. The van der Waals surface area contributed by atoms with Crippen molar-refractivity contribution in [2.45, 2.75) is 6.54 Å². The summed E-state index contributed by atoms with van der Waals surface area (Å²) in [6, 6.07) is 4.40. The molecule has 1 amide bonds. The molecular weight excluding hydrogens is 287 g/mol. The van der Waals surface area contributed by atoms with E-state index in [2.05, 4.69) is 14.9 Å². The number of hydrogen-bond acceptors (Lipinski definition) is 4. The number of likely N-dealkylation sites (N-methyl/N-ethyl adjacent to an activating group) is 1. The molecule has 2 heterocycles. The third kappa shape index (κ3) is 3.42. The van der Waals surface area contributed by atoms with Crippen molar-refractivity contribution in [3.63, 3.8) is 0 Å². The maximum absolute atomic E-state index is 13.2. The van der Waals surface area contributed by atoms with E-state index in [1.807, 2.05) is 0 Å². The van der Waals surface area contributed by atoms with Crippen LogP contribution in [0.15, 0.2) is 18.2 Å². The van der Waals surface area contributed by atoms with E-state index in [1.54, 1.807) is 18.0 Å². The number of aromatic nitrogens is 2. The van der Waals surface area contributed by atoms with Crippen molar-refractivity contribution in [3.8, 4) is 0 Å². The van der Waals surface area contributed by atoms with Crippen molar-refractivity contribution in [2.24, 2.45) is 0 Å². The lowest BCUT2D eigenvalue weighted by Gasteiger charge is -2.27. The van der Waals surface area contributed by atoms with E-state index in [-0.39, 0.29) is 11.7 Å². The number of aromatic amines is 1. The summed E-state index contributed by atoms with van der Waals surface area (Å²) >= 11 is 0. The van der Waals surface area contributed by atoms with E-state index in [1.165, 1.54) is 12.1 Å². The summed E-state index contributed by atoms with van der Waals surface area (Å²) in [5, 5.41) is 0. The summed E-state index contributed by atoms with van der Waals surface area (Å²) < 4.78 is 18.4. The molecule has 0 aliphatic carbocycles. The fraction of sp³-hybridized carbons (Fsp3) is 0.467. The Morgan fingerprint density at radius 1 is 1.45 bits per heavy atom. The van der Waals surface area contributed by atoms with Gasteiger partial charge in [0, 0.05) is 20.1 Å². The van der Waals surface area contributed by atoms with Crippen molar-refractivity contribution < 1.29 is 13.9 Å². The number of halogens is 1. The molecular formula is C15H19FN4O2.